The quantitative estimate of drug-likeness (QED) is 0.598. The van der Waals surface area contributed by atoms with Gasteiger partial charge in [-0.3, -0.25) is 20.2 Å². The molecule has 0 spiro atoms. The molecule has 1 aliphatic rings. The Morgan fingerprint density at radius 3 is 2.43 bits per heavy atom. The van der Waals surface area contributed by atoms with Crippen LogP contribution in [0.25, 0.3) is 0 Å². The van der Waals surface area contributed by atoms with Crippen molar-refractivity contribution in [3.8, 4) is 0 Å². The van der Waals surface area contributed by atoms with E-state index in [0.717, 1.165) is 28.6 Å². The minimum Gasteiger partial charge on any atom is -0.480 e. The Bertz CT molecular complexity index is 729. The van der Waals surface area contributed by atoms with Crippen molar-refractivity contribution >= 4 is 21.7 Å². The molecule has 2 N–H and O–H groups in total. The van der Waals surface area contributed by atoms with Gasteiger partial charge in [-0.2, -0.15) is 4.31 Å². The maximum atomic E-state index is 12.7. The Kier molecular flexibility index (Phi) is 4.42. The van der Waals surface area contributed by atoms with Crippen molar-refractivity contribution in [3.63, 3.8) is 0 Å². The lowest BCUT2D eigenvalue weighted by Crippen LogP contribution is -2.65. The van der Waals surface area contributed by atoms with E-state index >= 15 is 0 Å². The minimum absolute atomic E-state index is 0.0934. The summed E-state index contributed by atoms with van der Waals surface area (Å²) in [4.78, 5) is 21.1. The van der Waals surface area contributed by atoms with Crippen LogP contribution in [0.3, 0.4) is 0 Å². The fourth-order valence-electron chi connectivity index (χ4n) is 2.48. The number of sulfonamides is 1. The summed E-state index contributed by atoms with van der Waals surface area (Å²) < 4.78 is 26.4. The summed E-state index contributed by atoms with van der Waals surface area (Å²) in [6.45, 7) is 3.30. The van der Waals surface area contributed by atoms with Crippen LogP contribution in [0.2, 0.25) is 0 Å². The molecule has 1 unspecified atom stereocenters. The number of piperazine rings is 1. The fourth-order valence-corrected chi connectivity index (χ4v) is 4.10. The number of nitrogens with zero attached hydrogens (tertiary/aromatic N) is 2. The second kappa shape index (κ2) is 5.87. The summed E-state index contributed by atoms with van der Waals surface area (Å²) in [7, 11) is -3.93. The molecule has 1 heterocycles. The van der Waals surface area contributed by atoms with Crippen LogP contribution < -0.4 is 5.32 Å². The molecular formula is C13H17N3O6S. The maximum Gasteiger partial charge on any atom is 0.322 e. The highest BCUT2D eigenvalue weighted by Gasteiger charge is 2.40. The Hall–Kier alpha value is -2.04. The van der Waals surface area contributed by atoms with E-state index in [1.807, 2.05) is 0 Å². The van der Waals surface area contributed by atoms with Gasteiger partial charge in [0, 0.05) is 30.8 Å². The molecule has 1 aromatic carbocycles. The van der Waals surface area contributed by atoms with Crippen molar-refractivity contribution in [2.45, 2.75) is 30.3 Å². The lowest BCUT2D eigenvalue weighted by atomic mass is 10.0. The highest BCUT2D eigenvalue weighted by Crippen LogP contribution is 2.24. The number of benzene rings is 1. The number of hydrogen-bond donors (Lipinski definition) is 2. The van der Waals surface area contributed by atoms with Crippen LogP contribution in [-0.2, 0) is 14.8 Å². The van der Waals surface area contributed by atoms with Crippen molar-refractivity contribution in [2.75, 3.05) is 13.1 Å². The van der Waals surface area contributed by atoms with Crippen LogP contribution in [0, 0.1) is 10.1 Å². The van der Waals surface area contributed by atoms with E-state index in [9.17, 15) is 23.3 Å². The van der Waals surface area contributed by atoms with Gasteiger partial charge < -0.3 is 5.11 Å². The summed E-state index contributed by atoms with van der Waals surface area (Å²) in [6, 6.07) is 3.49. The lowest BCUT2D eigenvalue weighted by molar-refractivity contribution is -0.384. The van der Waals surface area contributed by atoms with Gasteiger partial charge in [0.15, 0.2) is 0 Å². The van der Waals surface area contributed by atoms with Crippen LogP contribution in [0.5, 0.6) is 0 Å². The molecule has 0 aliphatic carbocycles. The van der Waals surface area contributed by atoms with Crippen molar-refractivity contribution in [2.24, 2.45) is 0 Å². The molecule has 23 heavy (non-hydrogen) atoms. The lowest BCUT2D eigenvalue weighted by Gasteiger charge is -2.41. The first-order chi connectivity index (χ1) is 10.5. The maximum absolute atomic E-state index is 12.7. The van der Waals surface area contributed by atoms with Crippen LogP contribution in [-0.4, -0.2) is 53.4 Å². The summed E-state index contributed by atoms with van der Waals surface area (Å²) in [5.74, 6) is -1.14. The molecule has 0 aromatic heterocycles. The van der Waals surface area contributed by atoms with Gasteiger partial charge in [0.2, 0.25) is 10.0 Å². The molecular weight excluding hydrogens is 326 g/mol. The standard InChI is InChI=1S/C13H17N3O6S/c1-13(2)8-15(7-11(14-13)12(17)18)23(21,22)10-5-3-9(4-6-10)16(19)20/h3-6,11,14H,7-8H2,1-2H3,(H,17,18). The van der Waals surface area contributed by atoms with Crippen molar-refractivity contribution in [3.05, 3.63) is 34.4 Å². The van der Waals surface area contributed by atoms with E-state index in [2.05, 4.69) is 5.32 Å². The minimum atomic E-state index is -3.93. The van der Waals surface area contributed by atoms with E-state index in [1.165, 1.54) is 0 Å². The molecule has 0 bridgehead atoms. The van der Waals surface area contributed by atoms with Gasteiger partial charge in [0.05, 0.1) is 9.82 Å². The van der Waals surface area contributed by atoms with Gasteiger partial charge in [-0.25, -0.2) is 8.42 Å². The highest BCUT2D eigenvalue weighted by atomic mass is 32.2. The third kappa shape index (κ3) is 3.66. The average molecular weight is 343 g/mol. The number of non-ortho nitro benzene ring substituents is 1. The molecule has 0 amide bonds. The smallest absolute Gasteiger partial charge is 0.322 e. The molecule has 2 rings (SSSR count). The van der Waals surface area contributed by atoms with Gasteiger partial charge in [-0.15, -0.1) is 0 Å². The van der Waals surface area contributed by atoms with Crippen LogP contribution in [0.15, 0.2) is 29.2 Å². The third-order valence-electron chi connectivity index (χ3n) is 3.51. The van der Waals surface area contributed by atoms with Gasteiger partial charge >= 0.3 is 5.97 Å². The third-order valence-corrected chi connectivity index (χ3v) is 5.33. The Labute approximate surface area is 133 Å². The van der Waals surface area contributed by atoms with Crippen LogP contribution >= 0.6 is 0 Å². The summed E-state index contributed by atoms with van der Waals surface area (Å²) in [5, 5.41) is 22.7. The summed E-state index contributed by atoms with van der Waals surface area (Å²) >= 11 is 0. The molecule has 1 saturated heterocycles. The number of nitrogens with one attached hydrogen (secondary N) is 1. The zero-order valence-corrected chi connectivity index (χ0v) is 13.4. The van der Waals surface area contributed by atoms with Crippen molar-refractivity contribution in [1.82, 2.24) is 9.62 Å². The summed E-state index contributed by atoms with van der Waals surface area (Å²) in [5.41, 5.74) is -0.928. The van der Waals surface area contributed by atoms with E-state index < -0.39 is 32.5 Å². The van der Waals surface area contributed by atoms with Crippen LogP contribution in [0.4, 0.5) is 5.69 Å². The predicted molar refractivity (Wildman–Crippen MR) is 80.5 cm³/mol. The van der Waals surface area contributed by atoms with Gasteiger partial charge in [-0.05, 0) is 26.0 Å². The van der Waals surface area contributed by atoms with Crippen molar-refractivity contribution in [1.29, 1.82) is 0 Å². The van der Waals surface area contributed by atoms with Gasteiger partial charge in [-0.1, -0.05) is 0 Å². The first kappa shape index (κ1) is 17.3. The first-order valence-corrected chi connectivity index (χ1v) is 8.22. The Morgan fingerprint density at radius 1 is 1.39 bits per heavy atom. The largest absolute Gasteiger partial charge is 0.480 e. The highest BCUT2D eigenvalue weighted by molar-refractivity contribution is 7.89. The second-order valence-electron chi connectivity index (χ2n) is 5.97. The first-order valence-electron chi connectivity index (χ1n) is 6.78. The number of aliphatic carboxylic acids is 1. The molecule has 1 aromatic rings. The molecule has 10 heteroatoms. The van der Waals surface area contributed by atoms with Crippen molar-refractivity contribution < 1.29 is 23.2 Å². The normalized spacial score (nSPS) is 21.7. The fraction of sp³-hybridized carbons (Fsp3) is 0.462. The van der Waals surface area contributed by atoms with Gasteiger partial charge in [0.25, 0.3) is 5.69 Å². The SMILES string of the molecule is CC1(C)CN(S(=O)(=O)c2ccc([N+](=O)[O-])cc2)CC(C(=O)O)N1. The number of rotatable bonds is 4. The predicted octanol–water partition coefficient (Wildman–Crippen LogP) is 0.421. The molecule has 126 valence electrons. The topological polar surface area (TPSA) is 130 Å². The molecule has 0 saturated carbocycles. The summed E-state index contributed by atoms with van der Waals surface area (Å²) in [6.07, 6.45) is 0. The zero-order chi connectivity index (χ0) is 17.4. The number of carbonyl (C=O) groups is 1. The molecule has 1 fully saturated rings. The van der Waals surface area contributed by atoms with Gasteiger partial charge in [0.1, 0.15) is 6.04 Å². The zero-order valence-electron chi connectivity index (χ0n) is 12.6. The number of carboxylic acid groups (broad SMARTS) is 1. The second-order valence-corrected chi connectivity index (χ2v) is 7.91. The number of carboxylic acids is 1. The number of nitro groups is 1. The van der Waals surface area contributed by atoms with E-state index in [1.54, 1.807) is 13.8 Å². The molecule has 9 nitrogen and oxygen atoms in total. The molecule has 0 radical (unpaired) electrons. The average Bonchev–Trinajstić information content (AvgIpc) is 2.45. The van der Waals surface area contributed by atoms with E-state index in [4.69, 9.17) is 5.11 Å². The van der Waals surface area contributed by atoms with E-state index in [0.29, 0.717) is 0 Å². The Balaban J connectivity index is 2.34. The van der Waals surface area contributed by atoms with E-state index in [-0.39, 0.29) is 23.7 Å². The monoisotopic (exact) mass is 343 g/mol. The molecule has 1 aliphatic heterocycles. The van der Waals surface area contributed by atoms with Crippen LogP contribution in [0.1, 0.15) is 13.8 Å². The Morgan fingerprint density at radius 2 is 1.96 bits per heavy atom. The molecule has 1 atom stereocenters. The number of nitro benzene ring substituents is 1. The number of hydrogen-bond acceptors (Lipinski definition) is 6.